The van der Waals surface area contributed by atoms with Crippen LogP contribution in [0, 0.1) is 20.8 Å². The lowest BCUT2D eigenvalue weighted by Gasteiger charge is -2.26. The Morgan fingerprint density at radius 3 is 2.23 bits per heavy atom. The average molecular weight is 375 g/mol. The van der Waals surface area contributed by atoms with E-state index in [2.05, 4.69) is 5.32 Å². The normalized spacial score (nSPS) is 11.5. The number of nitrogens with zero attached hydrogens (tertiary/aromatic N) is 1. The quantitative estimate of drug-likeness (QED) is 0.843. The van der Waals surface area contributed by atoms with Gasteiger partial charge in [0.15, 0.2) is 0 Å². The number of hydrogen-bond donors (Lipinski definition) is 1. The summed E-state index contributed by atoms with van der Waals surface area (Å²) in [7, 11) is -3.87. The second-order valence-electron chi connectivity index (χ2n) is 6.77. The molecule has 0 aliphatic rings. The van der Waals surface area contributed by atoms with E-state index >= 15 is 0 Å². The maximum atomic E-state index is 13.3. The third-order valence-corrected chi connectivity index (χ3v) is 5.96. The molecule has 0 fully saturated rings. The van der Waals surface area contributed by atoms with E-state index in [4.69, 9.17) is 0 Å². The van der Waals surface area contributed by atoms with Gasteiger partial charge in [-0.1, -0.05) is 29.8 Å². The van der Waals surface area contributed by atoms with Crippen molar-refractivity contribution in [3.05, 3.63) is 59.2 Å². The van der Waals surface area contributed by atoms with Gasteiger partial charge in [-0.3, -0.25) is 9.10 Å². The first kappa shape index (κ1) is 20.0. The Kier molecular flexibility index (Phi) is 6.08. The van der Waals surface area contributed by atoms with Gasteiger partial charge in [0.1, 0.15) is 6.54 Å². The van der Waals surface area contributed by atoms with Crippen LogP contribution >= 0.6 is 0 Å². The minimum atomic E-state index is -3.87. The van der Waals surface area contributed by atoms with E-state index < -0.39 is 10.0 Å². The van der Waals surface area contributed by atoms with Gasteiger partial charge in [0.2, 0.25) is 5.91 Å². The van der Waals surface area contributed by atoms with Crippen molar-refractivity contribution in [1.29, 1.82) is 0 Å². The smallest absolute Gasteiger partial charge is 0.264 e. The number of aryl methyl sites for hydroxylation is 2. The number of hydrogen-bond acceptors (Lipinski definition) is 3. The molecule has 2 rings (SSSR count). The molecule has 0 unspecified atom stereocenters. The summed E-state index contributed by atoms with van der Waals surface area (Å²) < 4.78 is 27.7. The minimum Gasteiger partial charge on any atom is -0.352 e. The largest absolute Gasteiger partial charge is 0.352 e. The molecule has 1 N–H and O–H groups in total. The summed E-state index contributed by atoms with van der Waals surface area (Å²) >= 11 is 0. The number of nitrogens with one attached hydrogen (secondary N) is 1. The van der Waals surface area contributed by atoms with Crippen molar-refractivity contribution in [3.63, 3.8) is 0 Å². The molecule has 0 saturated carbocycles. The number of sulfonamides is 1. The van der Waals surface area contributed by atoms with Crippen LogP contribution in [0.2, 0.25) is 0 Å². The lowest BCUT2D eigenvalue weighted by molar-refractivity contribution is -0.120. The van der Waals surface area contributed by atoms with E-state index in [1.54, 1.807) is 36.4 Å². The predicted molar refractivity (Wildman–Crippen MR) is 105 cm³/mol. The highest BCUT2D eigenvalue weighted by molar-refractivity contribution is 7.92. The van der Waals surface area contributed by atoms with Gasteiger partial charge in [-0.05, 0) is 63.9 Å². The molecular formula is C20H26N2O3S. The van der Waals surface area contributed by atoms with Crippen molar-refractivity contribution in [2.24, 2.45) is 0 Å². The fourth-order valence-electron chi connectivity index (χ4n) is 2.64. The van der Waals surface area contributed by atoms with Crippen LogP contribution in [0.5, 0.6) is 0 Å². The SMILES string of the molecule is Cc1ccc(S(=O)(=O)N(CC(=O)NC(C)C)c2cccc(C)c2C)cc1. The first-order chi connectivity index (χ1) is 12.1. The molecule has 0 aliphatic heterocycles. The van der Waals surface area contributed by atoms with Gasteiger partial charge in [-0.25, -0.2) is 8.42 Å². The molecule has 0 spiro atoms. The van der Waals surface area contributed by atoms with Gasteiger partial charge >= 0.3 is 0 Å². The van der Waals surface area contributed by atoms with E-state index in [9.17, 15) is 13.2 Å². The minimum absolute atomic E-state index is 0.0648. The highest BCUT2D eigenvalue weighted by atomic mass is 32.2. The van der Waals surface area contributed by atoms with E-state index in [1.165, 1.54) is 4.31 Å². The monoisotopic (exact) mass is 374 g/mol. The molecule has 6 heteroatoms. The third kappa shape index (κ3) is 4.43. The van der Waals surface area contributed by atoms with Crippen LogP contribution in [0.3, 0.4) is 0 Å². The summed E-state index contributed by atoms with van der Waals surface area (Å²) in [5, 5.41) is 2.76. The molecule has 0 heterocycles. The molecule has 2 aromatic carbocycles. The van der Waals surface area contributed by atoms with E-state index in [0.717, 1.165) is 16.7 Å². The summed E-state index contributed by atoms with van der Waals surface area (Å²) in [6, 6.07) is 12.0. The number of carbonyl (C=O) groups is 1. The molecule has 140 valence electrons. The molecule has 0 radical (unpaired) electrons. The van der Waals surface area contributed by atoms with Gasteiger partial charge in [-0.2, -0.15) is 0 Å². The zero-order valence-corrected chi connectivity index (χ0v) is 16.7. The van der Waals surface area contributed by atoms with E-state index in [0.29, 0.717) is 5.69 Å². The van der Waals surface area contributed by atoms with Crippen LogP contribution in [0.1, 0.15) is 30.5 Å². The molecule has 0 saturated heterocycles. The topological polar surface area (TPSA) is 66.5 Å². The average Bonchev–Trinajstić information content (AvgIpc) is 2.55. The highest BCUT2D eigenvalue weighted by Crippen LogP contribution is 2.28. The van der Waals surface area contributed by atoms with Crippen molar-refractivity contribution >= 4 is 21.6 Å². The Morgan fingerprint density at radius 2 is 1.65 bits per heavy atom. The Labute approximate surface area is 156 Å². The van der Waals surface area contributed by atoms with Crippen molar-refractivity contribution in [3.8, 4) is 0 Å². The Bertz CT molecular complexity index is 888. The number of benzene rings is 2. The Balaban J connectivity index is 2.54. The molecule has 26 heavy (non-hydrogen) atoms. The predicted octanol–water partition coefficient (Wildman–Crippen LogP) is 3.33. The lowest BCUT2D eigenvalue weighted by atomic mass is 10.1. The zero-order valence-electron chi connectivity index (χ0n) is 15.9. The lowest BCUT2D eigenvalue weighted by Crippen LogP contribution is -2.43. The Hall–Kier alpha value is -2.34. The zero-order chi connectivity index (χ0) is 19.5. The fourth-order valence-corrected chi connectivity index (χ4v) is 4.12. The number of rotatable bonds is 6. The summed E-state index contributed by atoms with van der Waals surface area (Å²) in [4.78, 5) is 12.5. The molecule has 0 aliphatic carbocycles. The number of anilines is 1. The highest BCUT2D eigenvalue weighted by Gasteiger charge is 2.28. The van der Waals surface area contributed by atoms with Crippen LogP contribution in [-0.2, 0) is 14.8 Å². The first-order valence-electron chi connectivity index (χ1n) is 8.58. The molecule has 0 atom stereocenters. The number of carbonyl (C=O) groups excluding carboxylic acids is 1. The van der Waals surface area contributed by atoms with Gasteiger partial charge < -0.3 is 5.32 Å². The maximum Gasteiger partial charge on any atom is 0.264 e. The second-order valence-corrected chi connectivity index (χ2v) is 8.63. The summed E-state index contributed by atoms with van der Waals surface area (Å²) in [5.74, 6) is -0.336. The van der Waals surface area contributed by atoms with Crippen molar-refractivity contribution in [2.75, 3.05) is 10.8 Å². The standard InChI is InChI=1S/C20H26N2O3S/c1-14(2)21-20(23)13-22(19-8-6-7-16(4)17(19)5)26(24,25)18-11-9-15(3)10-12-18/h6-12,14H,13H2,1-5H3,(H,21,23). The van der Waals surface area contributed by atoms with Gasteiger partial charge in [0.05, 0.1) is 10.6 Å². The van der Waals surface area contributed by atoms with Crippen molar-refractivity contribution < 1.29 is 13.2 Å². The molecule has 0 bridgehead atoms. The fraction of sp³-hybridized carbons (Fsp3) is 0.350. The molecule has 5 nitrogen and oxygen atoms in total. The maximum absolute atomic E-state index is 13.3. The molecular weight excluding hydrogens is 348 g/mol. The molecule has 1 amide bonds. The summed E-state index contributed by atoms with van der Waals surface area (Å²) in [5.41, 5.74) is 3.29. The third-order valence-electron chi connectivity index (χ3n) is 4.19. The summed E-state index contributed by atoms with van der Waals surface area (Å²) in [6.45, 7) is 9.10. The number of amides is 1. The van der Waals surface area contributed by atoms with Gasteiger partial charge in [0, 0.05) is 6.04 Å². The van der Waals surface area contributed by atoms with Crippen molar-refractivity contribution in [2.45, 2.75) is 45.6 Å². The summed E-state index contributed by atoms with van der Waals surface area (Å²) in [6.07, 6.45) is 0. The molecule has 0 aromatic heterocycles. The van der Waals surface area contributed by atoms with Crippen LogP contribution in [-0.4, -0.2) is 26.9 Å². The van der Waals surface area contributed by atoms with Crippen LogP contribution in [0.4, 0.5) is 5.69 Å². The van der Waals surface area contributed by atoms with Crippen LogP contribution in [0.25, 0.3) is 0 Å². The van der Waals surface area contributed by atoms with Gasteiger partial charge in [0.25, 0.3) is 10.0 Å². The van der Waals surface area contributed by atoms with Crippen LogP contribution in [0.15, 0.2) is 47.4 Å². The van der Waals surface area contributed by atoms with E-state index in [1.807, 2.05) is 40.7 Å². The van der Waals surface area contributed by atoms with Crippen LogP contribution < -0.4 is 9.62 Å². The first-order valence-corrected chi connectivity index (χ1v) is 10.0. The van der Waals surface area contributed by atoms with Crippen molar-refractivity contribution in [1.82, 2.24) is 5.32 Å². The Morgan fingerprint density at radius 1 is 1.04 bits per heavy atom. The van der Waals surface area contributed by atoms with Gasteiger partial charge in [-0.15, -0.1) is 0 Å². The molecule has 2 aromatic rings. The van der Waals surface area contributed by atoms with E-state index in [-0.39, 0.29) is 23.4 Å². The second kappa shape index (κ2) is 7.91.